The Balaban J connectivity index is 2.14. The number of anilines is 1. The summed E-state index contributed by atoms with van der Waals surface area (Å²) in [5.41, 5.74) is 2.46. The predicted molar refractivity (Wildman–Crippen MR) is 70.8 cm³/mol. The van der Waals surface area contributed by atoms with Gasteiger partial charge in [0.25, 0.3) is 0 Å². The Morgan fingerprint density at radius 2 is 2.25 bits per heavy atom. The fraction of sp³-hybridized carbons (Fsp3) is 0.538. The highest BCUT2D eigenvalue weighted by Gasteiger charge is 2.25. The van der Waals surface area contributed by atoms with Crippen LogP contribution < -0.4 is 5.32 Å². The van der Waals surface area contributed by atoms with E-state index in [1.54, 1.807) is 0 Å². The lowest BCUT2D eigenvalue weighted by molar-refractivity contribution is 0.172. The summed E-state index contributed by atoms with van der Waals surface area (Å²) in [5, 5.41) is 13.3. The Hall–Kier alpha value is -0.540. The minimum Gasteiger partial charge on any atom is -0.391 e. The second kappa shape index (κ2) is 5.19. The number of hydrogen-bond acceptors (Lipinski definition) is 2. The summed E-state index contributed by atoms with van der Waals surface area (Å²) in [5.74, 6) is 0. The van der Waals surface area contributed by atoms with Gasteiger partial charge in [0.2, 0.25) is 0 Å². The molecule has 2 N–H and O–H groups in total. The Morgan fingerprint density at radius 3 is 2.88 bits per heavy atom. The van der Waals surface area contributed by atoms with Gasteiger partial charge in [-0.1, -0.05) is 22.9 Å². The maximum absolute atomic E-state index is 9.80. The molecule has 0 saturated heterocycles. The molecule has 0 radical (unpaired) electrons. The van der Waals surface area contributed by atoms with Gasteiger partial charge in [-0.3, -0.25) is 0 Å². The van der Waals surface area contributed by atoms with Crippen molar-refractivity contribution >= 4 is 21.6 Å². The smallest absolute Gasteiger partial charge is 0.0741 e. The summed E-state index contributed by atoms with van der Waals surface area (Å²) in [7, 11) is 0. The van der Waals surface area contributed by atoms with Crippen LogP contribution in [0.2, 0.25) is 0 Å². The third-order valence-corrected chi connectivity index (χ3v) is 3.76. The molecule has 0 amide bonds. The molecule has 2 unspecified atom stereocenters. The van der Waals surface area contributed by atoms with E-state index in [1.165, 1.54) is 5.56 Å². The van der Waals surface area contributed by atoms with Crippen LogP contribution >= 0.6 is 15.9 Å². The Labute approximate surface area is 105 Å². The van der Waals surface area contributed by atoms with Crippen molar-refractivity contribution in [1.82, 2.24) is 0 Å². The van der Waals surface area contributed by atoms with Crippen molar-refractivity contribution in [2.45, 2.75) is 44.8 Å². The molecular formula is C13H18BrNO. The third-order valence-electron chi connectivity index (χ3n) is 3.27. The Kier molecular flexibility index (Phi) is 3.87. The van der Waals surface area contributed by atoms with Gasteiger partial charge in [-0.05, 0) is 49.4 Å². The average molecular weight is 284 g/mol. The van der Waals surface area contributed by atoms with Crippen molar-refractivity contribution in [3.05, 3.63) is 28.2 Å². The number of aliphatic hydroxyl groups is 1. The molecule has 0 heterocycles. The lowest BCUT2D eigenvalue weighted by Gasteiger charge is -2.20. The van der Waals surface area contributed by atoms with E-state index in [9.17, 15) is 5.11 Å². The number of nitrogens with one attached hydrogen (secondary N) is 1. The second-order valence-corrected chi connectivity index (χ2v) is 5.32. The van der Waals surface area contributed by atoms with Crippen LogP contribution in [0.4, 0.5) is 5.69 Å². The van der Waals surface area contributed by atoms with E-state index >= 15 is 0 Å². The molecular weight excluding hydrogens is 266 g/mol. The van der Waals surface area contributed by atoms with Crippen molar-refractivity contribution < 1.29 is 5.11 Å². The van der Waals surface area contributed by atoms with Gasteiger partial charge in [0.15, 0.2) is 0 Å². The monoisotopic (exact) mass is 283 g/mol. The van der Waals surface area contributed by atoms with Gasteiger partial charge in [-0.2, -0.15) is 0 Å². The SMILES string of the molecule is CCc1cc(Br)ccc1NC1CCCC1O. The van der Waals surface area contributed by atoms with Crippen LogP contribution in [0.25, 0.3) is 0 Å². The first-order valence-corrected chi connectivity index (χ1v) is 6.73. The van der Waals surface area contributed by atoms with Crippen LogP contribution in [0.5, 0.6) is 0 Å². The quantitative estimate of drug-likeness (QED) is 0.892. The third kappa shape index (κ3) is 2.58. The number of aryl methyl sites for hydroxylation is 1. The molecule has 1 saturated carbocycles. The van der Waals surface area contributed by atoms with E-state index < -0.39 is 0 Å². The van der Waals surface area contributed by atoms with Crippen molar-refractivity contribution in [3.63, 3.8) is 0 Å². The Bertz CT molecular complexity index is 367. The number of halogens is 1. The molecule has 0 aliphatic heterocycles. The lowest BCUT2D eigenvalue weighted by Crippen LogP contribution is -2.28. The number of rotatable bonds is 3. The van der Waals surface area contributed by atoms with Crippen LogP contribution in [-0.4, -0.2) is 17.3 Å². The molecule has 1 aliphatic carbocycles. The van der Waals surface area contributed by atoms with E-state index in [-0.39, 0.29) is 12.1 Å². The fourth-order valence-corrected chi connectivity index (χ4v) is 2.71. The largest absolute Gasteiger partial charge is 0.391 e. The molecule has 2 atom stereocenters. The summed E-state index contributed by atoms with van der Waals surface area (Å²) in [6.07, 6.45) is 3.94. The summed E-state index contributed by atoms with van der Waals surface area (Å²) in [6, 6.07) is 6.51. The molecule has 1 aromatic rings. The molecule has 16 heavy (non-hydrogen) atoms. The van der Waals surface area contributed by atoms with Gasteiger partial charge in [0.05, 0.1) is 12.1 Å². The minimum absolute atomic E-state index is 0.187. The topological polar surface area (TPSA) is 32.3 Å². The van der Waals surface area contributed by atoms with Gasteiger partial charge in [0.1, 0.15) is 0 Å². The van der Waals surface area contributed by atoms with Gasteiger partial charge in [0, 0.05) is 10.2 Å². The van der Waals surface area contributed by atoms with E-state index in [0.717, 1.165) is 35.8 Å². The van der Waals surface area contributed by atoms with E-state index in [4.69, 9.17) is 0 Å². The maximum atomic E-state index is 9.80. The number of benzene rings is 1. The summed E-state index contributed by atoms with van der Waals surface area (Å²) >= 11 is 3.48. The van der Waals surface area contributed by atoms with Crippen molar-refractivity contribution in [3.8, 4) is 0 Å². The van der Waals surface area contributed by atoms with Crippen LogP contribution in [0.15, 0.2) is 22.7 Å². The zero-order valence-corrected chi connectivity index (χ0v) is 11.1. The standard InChI is InChI=1S/C13H18BrNO/c1-2-9-8-10(14)6-7-11(9)15-12-4-3-5-13(12)16/h6-8,12-13,15-16H,2-5H2,1H3. The van der Waals surface area contributed by atoms with Crippen molar-refractivity contribution in [1.29, 1.82) is 0 Å². The molecule has 1 aliphatic rings. The fourth-order valence-electron chi connectivity index (χ4n) is 2.30. The molecule has 0 bridgehead atoms. The van der Waals surface area contributed by atoms with Crippen molar-refractivity contribution in [2.75, 3.05) is 5.32 Å². The van der Waals surface area contributed by atoms with Crippen LogP contribution in [0.1, 0.15) is 31.7 Å². The molecule has 2 nitrogen and oxygen atoms in total. The second-order valence-electron chi connectivity index (χ2n) is 4.40. The molecule has 88 valence electrons. The summed E-state index contributed by atoms with van der Waals surface area (Å²) in [6.45, 7) is 2.15. The van der Waals surface area contributed by atoms with E-state index in [0.29, 0.717) is 0 Å². The van der Waals surface area contributed by atoms with Crippen molar-refractivity contribution in [2.24, 2.45) is 0 Å². The molecule has 1 aromatic carbocycles. The summed E-state index contributed by atoms with van der Waals surface area (Å²) in [4.78, 5) is 0. The summed E-state index contributed by atoms with van der Waals surface area (Å²) < 4.78 is 1.11. The van der Waals surface area contributed by atoms with Gasteiger partial charge in [-0.25, -0.2) is 0 Å². The van der Waals surface area contributed by atoms with Crippen LogP contribution in [-0.2, 0) is 6.42 Å². The molecule has 2 rings (SSSR count). The highest BCUT2D eigenvalue weighted by molar-refractivity contribution is 9.10. The predicted octanol–water partition coefficient (Wildman–Crippen LogP) is 3.34. The molecule has 0 aromatic heterocycles. The van der Waals surface area contributed by atoms with Gasteiger partial charge in [-0.15, -0.1) is 0 Å². The first kappa shape index (κ1) is 11.9. The molecule has 3 heteroatoms. The zero-order chi connectivity index (χ0) is 11.5. The number of aliphatic hydroxyl groups excluding tert-OH is 1. The highest BCUT2D eigenvalue weighted by atomic mass is 79.9. The highest BCUT2D eigenvalue weighted by Crippen LogP contribution is 2.27. The van der Waals surface area contributed by atoms with Gasteiger partial charge < -0.3 is 10.4 Å². The first-order valence-electron chi connectivity index (χ1n) is 5.93. The van der Waals surface area contributed by atoms with Crippen LogP contribution in [0, 0.1) is 0 Å². The number of hydrogen-bond donors (Lipinski definition) is 2. The van der Waals surface area contributed by atoms with E-state index in [2.05, 4.69) is 40.3 Å². The first-order chi connectivity index (χ1) is 7.70. The molecule has 1 fully saturated rings. The van der Waals surface area contributed by atoms with Gasteiger partial charge >= 0.3 is 0 Å². The lowest BCUT2D eigenvalue weighted by atomic mass is 10.1. The maximum Gasteiger partial charge on any atom is 0.0741 e. The average Bonchev–Trinajstić information content (AvgIpc) is 2.67. The normalized spacial score (nSPS) is 24.7. The molecule has 0 spiro atoms. The Morgan fingerprint density at radius 1 is 1.44 bits per heavy atom. The minimum atomic E-state index is -0.187. The van der Waals surface area contributed by atoms with E-state index in [1.807, 2.05) is 6.07 Å². The zero-order valence-electron chi connectivity index (χ0n) is 9.54. The van der Waals surface area contributed by atoms with Crippen LogP contribution in [0.3, 0.4) is 0 Å².